The van der Waals surface area contributed by atoms with Crippen LogP contribution in [-0.2, 0) is 22.5 Å². The Bertz CT molecular complexity index is 1370. The molecule has 5 nitrogen and oxygen atoms in total. The topological polar surface area (TPSA) is 47.4 Å². The van der Waals surface area contributed by atoms with E-state index in [9.17, 15) is 9.18 Å². The molecule has 0 bridgehead atoms. The van der Waals surface area contributed by atoms with Crippen molar-refractivity contribution < 1.29 is 13.9 Å². The van der Waals surface area contributed by atoms with E-state index in [1.54, 1.807) is 19.2 Å². The second-order valence-electron chi connectivity index (χ2n) is 8.93. The number of aromatic nitrogens is 2. The smallest absolute Gasteiger partial charge is 0.247 e. The van der Waals surface area contributed by atoms with Crippen LogP contribution in [0.4, 0.5) is 10.1 Å². The zero-order valence-corrected chi connectivity index (χ0v) is 21.2. The lowest BCUT2D eigenvalue weighted by atomic mass is 10.0. The molecule has 0 saturated heterocycles. The van der Waals surface area contributed by atoms with E-state index < -0.39 is 0 Å². The fraction of sp³-hybridized carbons (Fsp3) is 0.267. The fourth-order valence-electron chi connectivity index (χ4n) is 4.60. The maximum absolute atomic E-state index is 14.0. The van der Waals surface area contributed by atoms with Crippen molar-refractivity contribution in [3.05, 3.63) is 95.1 Å². The zero-order valence-electron chi connectivity index (χ0n) is 21.2. The Balaban J connectivity index is 1.75. The van der Waals surface area contributed by atoms with E-state index in [0.717, 1.165) is 39.8 Å². The van der Waals surface area contributed by atoms with Crippen LogP contribution in [0.5, 0.6) is 0 Å². The van der Waals surface area contributed by atoms with E-state index >= 15 is 0 Å². The van der Waals surface area contributed by atoms with Crippen molar-refractivity contribution >= 4 is 34.8 Å². The third kappa shape index (κ3) is 5.39. The SMILES string of the molecule is CCc1cccc(C)c1N(C(=O)Cn1c(/C=C/c2ccc(F)cc2)nc2ccccc21)[C@H](C)COC. The molecule has 186 valence electrons. The van der Waals surface area contributed by atoms with Gasteiger partial charge in [-0.15, -0.1) is 0 Å². The van der Waals surface area contributed by atoms with Crippen LogP contribution >= 0.6 is 0 Å². The number of carbonyl (C=O) groups excluding carboxylic acids is 1. The molecule has 0 aliphatic rings. The van der Waals surface area contributed by atoms with Crippen LogP contribution in [-0.4, -0.2) is 35.2 Å². The molecular formula is C30H32FN3O2. The first-order valence-electron chi connectivity index (χ1n) is 12.2. The van der Waals surface area contributed by atoms with Crippen LogP contribution in [0.3, 0.4) is 0 Å². The summed E-state index contributed by atoms with van der Waals surface area (Å²) < 4.78 is 20.7. The van der Waals surface area contributed by atoms with Gasteiger partial charge in [0, 0.05) is 7.11 Å². The van der Waals surface area contributed by atoms with Crippen LogP contribution in [0.25, 0.3) is 23.2 Å². The molecule has 1 amide bonds. The molecule has 0 unspecified atom stereocenters. The number of hydrogen-bond donors (Lipinski definition) is 0. The molecule has 0 saturated carbocycles. The Hall–Kier alpha value is -3.77. The molecule has 0 aliphatic carbocycles. The number of carbonyl (C=O) groups is 1. The summed E-state index contributed by atoms with van der Waals surface area (Å²) in [5.41, 5.74) is 5.66. The summed E-state index contributed by atoms with van der Waals surface area (Å²) in [6.45, 7) is 6.69. The summed E-state index contributed by atoms with van der Waals surface area (Å²) in [7, 11) is 1.65. The van der Waals surface area contributed by atoms with Gasteiger partial charge in [0.05, 0.1) is 29.4 Å². The van der Waals surface area contributed by atoms with Gasteiger partial charge in [0.15, 0.2) is 0 Å². The molecule has 1 aromatic heterocycles. The van der Waals surface area contributed by atoms with Crippen LogP contribution in [0.2, 0.25) is 0 Å². The average molecular weight is 486 g/mol. The van der Waals surface area contributed by atoms with Crippen molar-refractivity contribution in [2.45, 2.75) is 39.8 Å². The molecule has 36 heavy (non-hydrogen) atoms. The maximum atomic E-state index is 14.0. The first-order valence-corrected chi connectivity index (χ1v) is 12.2. The third-order valence-corrected chi connectivity index (χ3v) is 6.33. The number of fused-ring (bicyclic) bond motifs is 1. The first-order chi connectivity index (χ1) is 17.4. The lowest BCUT2D eigenvalue weighted by molar-refractivity contribution is -0.119. The van der Waals surface area contributed by atoms with Gasteiger partial charge < -0.3 is 14.2 Å². The number of benzene rings is 3. The summed E-state index contributed by atoms with van der Waals surface area (Å²) in [5, 5.41) is 0. The largest absolute Gasteiger partial charge is 0.383 e. The second kappa shape index (κ2) is 11.3. The number of methoxy groups -OCH3 is 1. The number of nitrogens with zero attached hydrogens (tertiary/aromatic N) is 3. The standard InChI is InChI=1S/C30H32FN3O2/c1-5-24-10-8-9-21(2)30(24)34(22(3)20-36-4)29(35)19-33-27-12-7-6-11-26(27)32-28(33)18-15-23-13-16-25(31)17-14-23/h6-18,22H,5,19-20H2,1-4H3/b18-15+/t22-/m1/s1. The molecule has 0 radical (unpaired) electrons. The second-order valence-corrected chi connectivity index (χ2v) is 8.93. The monoisotopic (exact) mass is 485 g/mol. The third-order valence-electron chi connectivity index (χ3n) is 6.33. The van der Waals surface area contributed by atoms with Crippen molar-refractivity contribution in [2.75, 3.05) is 18.6 Å². The van der Waals surface area contributed by atoms with E-state index in [2.05, 4.69) is 13.0 Å². The highest BCUT2D eigenvalue weighted by Gasteiger charge is 2.26. The number of hydrogen-bond acceptors (Lipinski definition) is 3. The number of rotatable bonds is 9. The molecule has 3 aromatic carbocycles. The van der Waals surface area contributed by atoms with E-state index in [4.69, 9.17) is 9.72 Å². The number of para-hydroxylation sites is 3. The Kier molecular flexibility index (Phi) is 7.96. The summed E-state index contributed by atoms with van der Waals surface area (Å²) in [4.78, 5) is 20.7. The van der Waals surface area contributed by atoms with Gasteiger partial charge in [-0.05, 0) is 67.3 Å². The van der Waals surface area contributed by atoms with Gasteiger partial charge in [0.2, 0.25) is 5.91 Å². The number of amides is 1. The Morgan fingerprint density at radius 3 is 2.56 bits per heavy atom. The molecule has 0 spiro atoms. The molecular weight excluding hydrogens is 453 g/mol. The fourth-order valence-corrected chi connectivity index (χ4v) is 4.60. The van der Waals surface area contributed by atoms with Gasteiger partial charge in [-0.2, -0.15) is 0 Å². The van der Waals surface area contributed by atoms with Crippen molar-refractivity contribution in [3.8, 4) is 0 Å². The van der Waals surface area contributed by atoms with Crippen molar-refractivity contribution in [2.24, 2.45) is 0 Å². The molecule has 0 fully saturated rings. The Morgan fingerprint density at radius 1 is 1.08 bits per heavy atom. The van der Waals surface area contributed by atoms with Crippen LogP contribution in [0.1, 0.15) is 36.4 Å². The summed E-state index contributed by atoms with van der Waals surface area (Å²) in [6, 6.07) is 20.1. The number of halogens is 1. The predicted molar refractivity (Wildman–Crippen MR) is 144 cm³/mol. The lowest BCUT2D eigenvalue weighted by Gasteiger charge is -2.32. The highest BCUT2D eigenvalue weighted by Crippen LogP contribution is 2.29. The number of ether oxygens (including phenoxy) is 1. The molecule has 4 rings (SSSR count). The summed E-state index contributed by atoms with van der Waals surface area (Å²) in [5.74, 6) is 0.342. The maximum Gasteiger partial charge on any atom is 0.247 e. The number of imidazole rings is 1. The van der Waals surface area contributed by atoms with Crippen LogP contribution < -0.4 is 4.90 Å². The van der Waals surface area contributed by atoms with Crippen molar-refractivity contribution in [1.82, 2.24) is 9.55 Å². The molecule has 0 N–H and O–H groups in total. The number of anilines is 1. The van der Waals surface area contributed by atoms with Crippen LogP contribution in [0.15, 0.2) is 66.7 Å². The first kappa shape index (κ1) is 25.3. The number of aryl methyl sites for hydroxylation is 2. The molecule has 0 aliphatic heterocycles. The zero-order chi connectivity index (χ0) is 25.7. The van der Waals surface area contributed by atoms with Gasteiger partial charge in [0.25, 0.3) is 0 Å². The summed E-state index contributed by atoms with van der Waals surface area (Å²) in [6.07, 6.45) is 4.57. The highest BCUT2D eigenvalue weighted by atomic mass is 19.1. The van der Waals surface area contributed by atoms with Gasteiger partial charge in [0.1, 0.15) is 18.2 Å². The highest BCUT2D eigenvalue weighted by molar-refractivity contribution is 5.96. The Labute approximate surface area is 211 Å². The van der Waals surface area contributed by atoms with Gasteiger partial charge in [-0.1, -0.05) is 55.5 Å². The molecule has 1 atom stereocenters. The van der Waals surface area contributed by atoms with E-state index in [0.29, 0.717) is 12.4 Å². The normalized spacial score (nSPS) is 12.4. The quantitative estimate of drug-likeness (QED) is 0.280. The van der Waals surface area contributed by atoms with Gasteiger partial charge in [-0.25, -0.2) is 9.37 Å². The minimum atomic E-state index is -0.280. The van der Waals surface area contributed by atoms with Crippen LogP contribution in [0, 0.1) is 12.7 Å². The minimum Gasteiger partial charge on any atom is -0.383 e. The van der Waals surface area contributed by atoms with Gasteiger partial charge in [-0.3, -0.25) is 4.79 Å². The average Bonchev–Trinajstić information content (AvgIpc) is 3.22. The summed E-state index contributed by atoms with van der Waals surface area (Å²) >= 11 is 0. The van der Waals surface area contributed by atoms with Crippen molar-refractivity contribution in [1.29, 1.82) is 0 Å². The van der Waals surface area contributed by atoms with E-state index in [1.807, 2.05) is 71.9 Å². The van der Waals surface area contributed by atoms with Gasteiger partial charge >= 0.3 is 0 Å². The molecule has 6 heteroatoms. The minimum absolute atomic E-state index is 0.0388. The van der Waals surface area contributed by atoms with E-state index in [1.165, 1.54) is 12.1 Å². The Morgan fingerprint density at radius 2 is 1.83 bits per heavy atom. The predicted octanol–water partition coefficient (Wildman–Crippen LogP) is 6.28. The lowest BCUT2D eigenvalue weighted by Crippen LogP contribution is -2.44. The van der Waals surface area contributed by atoms with Crippen molar-refractivity contribution in [3.63, 3.8) is 0 Å². The van der Waals surface area contributed by atoms with E-state index in [-0.39, 0.29) is 24.3 Å². The molecule has 1 heterocycles. The molecule has 4 aromatic rings.